The Morgan fingerprint density at radius 3 is 3.23 bits per heavy atom. The van der Waals surface area contributed by atoms with Crippen LogP contribution in [-0.4, -0.2) is 48.0 Å². The van der Waals surface area contributed by atoms with Gasteiger partial charge in [0, 0.05) is 37.6 Å². The van der Waals surface area contributed by atoms with E-state index in [9.17, 15) is 9.59 Å². The van der Waals surface area contributed by atoms with E-state index in [1.165, 1.54) is 0 Å². The molecule has 3 rings (SSSR count). The fourth-order valence-electron chi connectivity index (χ4n) is 2.27. The average Bonchev–Trinajstić information content (AvgIpc) is 2.93. The molecule has 140 valence electrons. The van der Waals surface area contributed by atoms with E-state index in [0.29, 0.717) is 4.90 Å². The van der Waals surface area contributed by atoms with Crippen molar-refractivity contribution in [1.82, 2.24) is 14.8 Å². The van der Waals surface area contributed by atoms with Gasteiger partial charge in [0.05, 0.1) is 11.0 Å². The molecule has 1 aliphatic heterocycles. The highest BCUT2D eigenvalue weighted by molar-refractivity contribution is 6.02. The molecule has 0 saturated carbocycles. The standard InChI is InChI=1S/C20H27N3O3/c1-2-23-16-10-5-4-9-15(16)18(24)17(20(23)26)19(25)21-11-8-14-22-12-6-3-7-13-22/h4-5,9-10,24H,2-3,6-8,11-14H2,1H3,(H,21,25)/i1D3,2D2,3D2,4D,5D,6D2,7D2,9D,10D,12D,13D2/hD2. The number of fused-ring (bicyclic) bond motifs is 1. The Labute approximate surface area is 181 Å². The van der Waals surface area contributed by atoms with Crippen LogP contribution in [0.25, 0.3) is 10.9 Å². The van der Waals surface area contributed by atoms with Crippen LogP contribution in [0.2, 0.25) is 1.41 Å². The van der Waals surface area contributed by atoms with Crippen molar-refractivity contribution in [3.63, 3.8) is 0 Å². The fraction of sp³-hybridized carbons (Fsp3) is 0.500. The summed E-state index contributed by atoms with van der Waals surface area (Å²) in [5, 5.41) is 3.46. The van der Waals surface area contributed by atoms with Gasteiger partial charge in [-0.05, 0) is 57.7 Å². The molecule has 2 aromatic rings. The number of pyridine rings is 1. The molecule has 1 aromatic heterocycles. The van der Waals surface area contributed by atoms with Crippen LogP contribution in [0.1, 0.15) is 67.4 Å². The van der Waals surface area contributed by atoms with E-state index in [1.54, 1.807) is 0 Å². The molecule has 0 bridgehead atoms. The first-order chi connectivity index (χ1) is 20.6. The van der Waals surface area contributed by atoms with E-state index in [4.69, 9.17) is 27.5 Å². The van der Waals surface area contributed by atoms with Gasteiger partial charge in [-0.1, -0.05) is 18.5 Å². The molecular weight excluding hydrogens is 330 g/mol. The number of rotatable bonds is 7. The maximum Gasteiger partial charge on any atom is 0.293 e. The molecule has 6 nitrogen and oxygen atoms in total. The molecule has 1 aromatic carbocycles. The van der Waals surface area contributed by atoms with E-state index in [0.717, 1.165) is 0 Å². The Morgan fingerprint density at radius 1 is 1.50 bits per heavy atom. The molecule has 1 atom stereocenters. The van der Waals surface area contributed by atoms with Crippen molar-refractivity contribution in [3.8, 4) is 5.75 Å². The molecule has 0 aliphatic carbocycles. The lowest BCUT2D eigenvalue weighted by Crippen LogP contribution is -2.36. The van der Waals surface area contributed by atoms with Gasteiger partial charge in [0.2, 0.25) is 0 Å². The highest BCUT2D eigenvalue weighted by Crippen LogP contribution is 2.26. The lowest BCUT2D eigenvalue weighted by atomic mass is 10.1. The van der Waals surface area contributed by atoms with Crippen molar-refractivity contribution in [2.45, 2.75) is 38.9 Å². The quantitative estimate of drug-likeness (QED) is 0.777. The van der Waals surface area contributed by atoms with Crippen molar-refractivity contribution in [2.75, 3.05) is 26.1 Å². The van der Waals surface area contributed by atoms with Gasteiger partial charge in [0.15, 0.2) is 1.41 Å². The number of nitrogens with one attached hydrogen (secondary N) is 1. The Bertz CT molecular complexity index is 1620. The monoisotopic (exact) mass is 377 g/mol. The summed E-state index contributed by atoms with van der Waals surface area (Å²) in [4.78, 5) is 27.4. The largest absolute Gasteiger partial charge is 0.506 e. The molecule has 0 radical (unpaired) electrons. The molecule has 26 heavy (non-hydrogen) atoms. The number of para-hydroxylation sites is 1. The van der Waals surface area contributed by atoms with Crippen LogP contribution in [-0.2, 0) is 6.50 Å². The van der Waals surface area contributed by atoms with E-state index in [-0.39, 0.29) is 9.88 Å². The summed E-state index contributed by atoms with van der Waals surface area (Å²) in [5.41, 5.74) is -4.27. The average molecular weight is 378 g/mol. The normalized spacial score (nSPS) is 37.9. The second-order valence-electron chi connectivity index (χ2n) is 5.05. The van der Waals surface area contributed by atoms with Gasteiger partial charge in [0.25, 0.3) is 12.9 Å². The third-order valence-electron chi connectivity index (χ3n) is 3.46. The van der Waals surface area contributed by atoms with Gasteiger partial charge in [0.1, 0.15) is 11.3 Å². The van der Waals surface area contributed by atoms with Crippen LogP contribution in [0.4, 0.5) is 0 Å². The second-order valence-corrected chi connectivity index (χ2v) is 5.05. The van der Waals surface area contributed by atoms with E-state index < -0.39 is 123 Å². The fourth-order valence-corrected chi connectivity index (χ4v) is 2.27. The molecule has 2 N–H and O–H groups in total. The van der Waals surface area contributed by atoms with Crippen LogP contribution in [0, 0.1) is 0 Å². The molecule has 1 fully saturated rings. The molecule has 1 amide bonds. The predicted molar refractivity (Wildman–Crippen MR) is 103 cm³/mol. The molecule has 6 heteroatoms. The summed E-state index contributed by atoms with van der Waals surface area (Å²) in [7, 11) is 0. The highest BCUT2D eigenvalue weighted by atomic mass is 16.3. The van der Waals surface area contributed by atoms with Crippen LogP contribution in [0.5, 0.6) is 5.75 Å². The maximum atomic E-state index is 13.6. The van der Waals surface area contributed by atoms with Gasteiger partial charge < -0.3 is 19.9 Å². The minimum absolute atomic E-state index is 0.00689. The molecule has 2 heterocycles. The zero-order valence-corrected chi connectivity index (χ0v) is 13.3. The van der Waals surface area contributed by atoms with Crippen LogP contribution >= 0.6 is 0 Å². The molecule has 1 saturated heterocycles. The van der Waals surface area contributed by atoms with Gasteiger partial charge in [-0.2, -0.15) is 0 Å². The van der Waals surface area contributed by atoms with Crippen molar-refractivity contribution >= 4 is 16.8 Å². The lowest BCUT2D eigenvalue weighted by molar-refractivity contribution is 0.0946. The first kappa shape index (κ1) is 5.83. The van der Waals surface area contributed by atoms with Crippen molar-refractivity contribution in [1.29, 1.82) is 1.43 Å². The summed E-state index contributed by atoms with van der Waals surface area (Å²) in [6.07, 6.45) is -10.7. The second kappa shape index (κ2) is 8.36. The minimum atomic E-state index is -3.73. The summed E-state index contributed by atoms with van der Waals surface area (Å²) in [6.45, 7) is -14.5. The number of carbonyl (C=O) groups excluding carboxylic acids is 1. The first-order valence-electron chi connectivity index (χ1n) is 17.3. The summed E-state index contributed by atoms with van der Waals surface area (Å²) in [5.74, 6) is -2.85. The zero-order chi connectivity index (χ0) is 35.9. The molecule has 0 spiro atoms. The van der Waals surface area contributed by atoms with E-state index >= 15 is 0 Å². The van der Waals surface area contributed by atoms with Gasteiger partial charge >= 0.3 is 0 Å². The number of aryl methyl sites for hydroxylation is 1. The van der Waals surface area contributed by atoms with Crippen molar-refractivity contribution < 1.29 is 36.0 Å². The van der Waals surface area contributed by atoms with Crippen LogP contribution in [0.15, 0.2) is 29.0 Å². The molecule has 1 unspecified atom stereocenters. The number of hydrogen-bond acceptors (Lipinski definition) is 4. The predicted octanol–water partition coefficient (Wildman–Crippen LogP) is 2.33. The highest BCUT2D eigenvalue weighted by Gasteiger charge is 2.21. The van der Waals surface area contributed by atoms with Gasteiger partial charge in [-0.3, -0.25) is 9.59 Å². The third kappa shape index (κ3) is 3.75. The lowest BCUT2D eigenvalue weighted by Gasteiger charge is -2.26. The minimum Gasteiger partial charge on any atom is -0.506 e. The summed E-state index contributed by atoms with van der Waals surface area (Å²) >= 11 is 0. The topological polar surface area (TPSA) is 74.6 Å². The Hall–Kier alpha value is -2.34. The Morgan fingerprint density at radius 2 is 2.38 bits per heavy atom. The van der Waals surface area contributed by atoms with E-state index in [1.807, 2.05) is 0 Å². The SMILES string of the molecule is [2H]Oc1c(C(=O)N([2H])CCCN2C([2H])C([2H])([2H])C([2H])([2H])C([2H])([2H])C2([2H])[2H])c(=O)n(C([2H])([2H])C([2H])([2H])[2H])c2c([2H])c([2H])c([2H])c([2H])c12. The zero-order valence-electron chi connectivity index (χ0n) is 33.3. The number of carbonyl (C=O) groups is 1. The number of nitrogens with zero attached hydrogens (tertiary/aromatic N) is 2. The smallest absolute Gasteiger partial charge is 0.293 e. The molecule has 1 aliphatic rings. The number of likely N-dealkylation sites (tertiary alicyclic amines) is 1. The Kier molecular flexibility index (Phi) is 1.87. The number of piperidine rings is 1. The first-order valence-corrected chi connectivity index (χ1v) is 7.41. The number of amides is 1. The molecular formula is C20H27N3O3. The van der Waals surface area contributed by atoms with Crippen molar-refractivity contribution in [3.05, 3.63) is 40.1 Å². The maximum absolute atomic E-state index is 13.6. The van der Waals surface area contributed by atoms with Crippen LogP contribution < -0.4 is 10.9 Å². The van der Waals surface area contributed by atoms with Crippen molar-refractivity contribution in [2.24, 2.45) is 0 Å². The Balaban J connectivity index is 2.14. The number of aromatic hydroxyl groups is 1. The van der Waals surface area contributed by atoms with Gasteiger partial charge in [-0.15, -0.1) is 0 Å². The van der Waals surface area contributed by atoms with Crippen LogP contribution in [0.3, 0.4) is 0 Å². The number of benzene rings is 1. The third-order valence-corrected chi connectivity index (χ3v) is 3.46. The number of aromatic nitrogens is 1. The summed E-state index contributed by atoms with van der Waals surface area (Å²) < 4.78 is 159. The van der Waals surface area contributed by atoms with E-state index in [2.05, 4.69) is 5.11 Å². The summed E-state index contributed by atoms with van der Waals surface area (Å²) in [6, 6.07) is -4.15. The number of hydrogen-bond donors (Lipinski definition) is 2. The van der Waals surface area contributed by atoms with Gasteiger partial charge in [-0.25, -0.2) is 0 Å².